The SMILES string of the molecule is COc1ccc(-c2nc(SC)n(C(=O)c3cccs3)n2)cc1. The molecule has 0 aliphatic rings. The molecule has 0 radical (unpaired) electrons. The molecular formula is C15H13N3O2S2. The Morgan fingerprint density at radius 3 is 2.64 bits per heavy atom. The minimum atomic E-state index is -0.161. The van der Waals surface area contributed by atoms with Crippen LogP contribution in [-0.4, -0.2) is 34.0 Å². The van der Waals surface area contributed by atoms with Crippen LogP contribution in [0.1, 0.15) is 9.67 Å². The highest BCUT2D eigenvalue weighted by Crippen LogP contribution is 2.23. The number of thiophene rings is 1. The van der Waals surface area contributed by atoms with Crippen molar-refractivity contribution in [3.63, 3.8) is 0 Å². The Hall–Kier alpha value is -2.12. The predicted molar refractivity (Wildman–Crippen MR) is 87.8 cm³/mol. The molecule has 0 fully saturated rings. The van der Waals surface area contributed by atoms with Gasteiger partial charge in [0.1, 0.15) is 5.75 Å². The van der Waals surface area contributed by atoms with E-state index in [1.165, 1.54) is 27.8 Å². The van der Waals surface area contributed by atoms with Crippen molar-refractivity contribution >= 4 is 29.0 Å². The summed E-state index contributed by atoms with van der Waals surface area (Å²) in [5, 5.41) is 6.81. The van der Waals surface area contributed by atoms with Gasteiger partial charge in [0.15, 0.2) is 11.0 Å². The minimum absolute atomic E-state index is 0.161. The summed E-state index contributed by atoms with van der Waals surface area (Å²) >= 11 is 2.78. The molecule has 0 saturated heterocycles. The van der Waals surface area contributed by atoms with E-state index in [1.54, 1.807) is 13.2 Å². The van der Waals surface area contributed by atoms with Crippen molar-refractivity contribution in [2.45, 2.75) is 5.16 Å². The van der Waals surface area contributed by atoms with Crippen LogP contribution in [0, 0.1) is 0 Å². The van der Waals surface area contributed by atoms with Crippen LogP contribution in [0.25, 0.3) is 11.4 Å². The fourth-order valence-corrected chi connectivity index (χ4v) is 3.05. The van der Waals surface area contributed by atoms with Gasteiger partial charge in [0, 0.05) is 5.56 Å². The summed E-state index contributed by atoms with van der Waals surface area (Å²) in [7, 11) is 1.62. The summed E-state index contributed by atoms with van der Waals surface area (Å²) in [4.78, 5) is 17.6. The number of benzene rings is 1. The van der Waals surface area contributed by atoms with Crippen molar-refractivity contribution in [1.29, 1.82) is 0 Å². The molecule has 0 unspecified atom stereocenters. The molecule has 7 heteroatoms. The summed E-state index contributed by atoms with van der Waals surface area (Å²) in [5.74, 6) is 1.13. The number of hydrogen-bond donors (Lipinski definition) is 0. The van der Waals surface area contributed by atoms with Gasteiger partial charge < -0.3 is 4.74 Å². The van der Waals surface area contributed by atoms with Crippen LogP contribution < -0.4 is 4.74 Å². The molecule has 0 bridgehead atoms. The van der Waals surface area contributed by atoms with E-state index >= 15 is 0 Å². The monoisotopic (exact) mass is 331 g/mol. The molecule has 0 aliphatic heterocycles. The Bertz CT molecular complexity index is 780. The number of methoxy groups -OCH3 is 1. The number of carbonyl (C=O) groups is 1. The number of nitrogens with zero attached hydrogens (tertiary/aromatic N) is 3. The lowest BCUT2D eigenvalue weighted by molar-refractivity contribution is 0.0938. The van der Waals surface area contributed by atoms with Crippen LogP contribution in [0.4, 0.5) is 0 Å². The number of carbonyl (C=O) groups excluding carboxylic acids is 1. The number of thioether (sulfide) groups is 1. The van der Waals surface area contributed by atoms with E-state index in [2.05, 4.69) is 10.1 Å². The first kappa shape index (κ1) is 14.8. The first-order valence-electron chi connectivity index (χ1n) is 6.46. The molecule has 0 atom stereocenters. The normalized spacial score (nSPS) is 10.6. The van der Waals surface area contributed by atoms with Gasteiger partial charge in [0.25, 0.3) is 5.91 Å². The third kappa shape index (κ3) is 2.77. The topological polar surface area (TPSA) is 57.0 Å². The van der Waals surface area contributed by atoms with E-state index in [-0.39, 0.29) is 5.91 Å². The molecule has 0 N–H and O–H groups in total. The smallest absolute Gasteiger partial charge is 0.290 e. The molecule has 5 nitrogen and oxygen atoms in total. The van der Waals surface area contributed by atoms with E-state index in [4.69, 9.17) is 4.74 Å². The fourth-order valence-electron chi connectivity index (χ4n) is 1.93. The van der Waals surface area contributed by atoms with Gasteiger partial charge >= 0.3 is 0 Å². The van der Waals surface area contributed by atoms with Gasteiger partial charge in [-0.15, -0.1) is 16.4 Å². The van der Waals surface area contributed by atoms with Crippen LogP contribution in [0.2, 0.25) is 0 Å². The van der Waals surface area contributed by atoms with Crippen LogP contribution in [0.3, 0.4) is 0 Å². The number of hydrogen-bond acceptors (Lipinski definition) is 6. The Balaban J connectivity index is 1.98. The maximum atomic E-state index is 12.5. The van der Waals surface area contributed by atoms with Gasteiger partial charge in [0.05, 0.1) is 12.0 Å². The highest BCUT2D eigenvalue weighted by atomic mass is 32.2. The van der Waals surface area contributed by atoms with Gasteiger partial charge in [-0.1, -0.05) is 17.8 Å². The van der Waals surface area contributed by atoms with Crippen molar-refractivity contribution < 1.29 is 9.53 Å². The van der Waals surface area contributed by atoms with E-state index in [1.807, 2.05) is 42.0 Å². The van der Waals surface area contributed by atoms with Crippen molar-refractivity contribution in [3.8, 4) is 17.1 Å². The van der Waals surface area contributed by atoms with Gasteiger partial charge in [0.2, 0.25) is 0 Å². The second-order valence-electron chi connectivity index (χ2n) is 4.34. The summed E-state index contributed by atoms with van der Waals surface area (Å²) in [6.07, 6.45) is 1.88. The lowest BCUT2D eigenvalue weighted by atomic mass is 10.2. The number of rotatable bonds is 4. The molecule has 0 saturated carbocycles. The maximum Gasteiger partial charge on any atom is 0.290 e. The van der Waals surface area contributed by atoms with Crippen LogP contribution in [0.5, 0.6) is 5.75 Å². The van der Waals surface area contributed by atoms with E-state index < -0.39 is 0 Å². The molecule has 3 rings (SSSR count). The summed E-state index contributed by atoms with van der Waals surface area (Å²) < 4.78 is 6.50. The molecule has 0 spiro atoms. The van der Waals surface area contributed by atoms with E-state index in [0.29, 0.717) is 15.9 Å². The Morgan fingerprint density at radius 1 is 1.27 bits per heavy atom. The lowest BCUT2D eigenvalue weighted by Gasteiger charge is -2.00. The average Bonchev–Trinajstić information content (AvgIpc) is 3.23. The van der Waals surface area contributed by atoms with E-state index in [9.17, 15) is 4.79 Å². The van der Waals surface area contributed by atoms with Crippen molar-refractivity contribution in [3.05, 3.63) is 46.7 Å². The largest absolute Gasteiger partial charge is 0.497 e. The van der Waals surface area contributed by atoms with Gasteiger partial charge in [-0.3, -0.25) is 4.79 Å². The van der Waals surface area contributed by atoms with Crippen molar-refractivity contribution in [2.24, 2.45) is 0 Å². The van der Waals surface area contributed by atoms with Crippen LogP contribution >= 0.6 is 23.1 Å². The fraction of sp³-hybridized carbons (Fsp3) is 0.133. The quantitative estimate of drug-likeness (QED) is 0.686. The third-order valence-corrected chi connectivity index (χ3v) is 4.52. The average molecular weight is 331 g/mol. The van der Waals surface area contributed by atoms with Crippen LogP contribution in [-0.2, 0) is 0 Å². The third-order valence-electron chi connectivity index (χ3n) is 3.03. The highest BCUT2D eigenvalue weighted by Gasteiger charge is 2.18. The van der Waals surface area contributed by atoms with Gasteiger partial charge in [-0.25, -0.2) is 4.98 Å². The molecule has 0 amide bonds. The zero-order chi connectivity index (χ0) is 15.5. The Kier molecular flexibility index (Phi) is 4.26. The van der Waals surface area contributed by atoms with E-state index in [0.717, 1.165) is 11.3 Å². The first-order chi connectivity index (χ1) is 10.7. The molecule has 112 valence electrons. The summed E-state index contributed by atoms with van der Waals surface area (Å²) in [5.41, 5.74) is 0.842. The second-order valence-corrected chi connectivity index (χ2v) is 6.07. The maximum absolute atomic E-state index is 12.5. The summed E-state index contributed by atoms with van der Waals surface area (Å²) in [6.45, 7) is 0. The standard InChI is InChI=1S/C15H13N3O2S2/c1-20-11-7-5-10(6-8-11)13-16-15(21-2)18(17-13)14(19)12-4-3-9-22-12/h3-9H,1-2H3. The van der Waals surface area contributed by atoms with Crippen molar-refractivity contribution in [2.75, 3.05) is 13.4 Å². The Labute approximate surface area is 136 Å². The molecule has 1 aromatic carbocycles. The number of ether oxygens (including phenoxy) is 1. The predicted octanol–water partition coefficient (Wildman–Crippen LogP) is 3.43. The van der Waals surface area contributed by atoms with Crippen molar-refractivity contribution in [1.82, 2.24) is 14.8 Å². The highest BCUT2D eigenvalue weighted by molar-refractivity contribution is 7.98. The zero-order valence-electron chi connectivity index (χ0n) is 12.0. The van der Waals surface area contributed by atoms with Gasteiger partial charge in [-0.05, 0) is 42.0 Å². The molecule has 0 aliphatic carbocycles. The minimum Gasteiger partial charge on any atom is -0.497 e. The molecular weight excluding hydrogens is 318 g/mol. The Morgan fingerprint density at radius 2 is 2.05 bits per heavy atom. The number of aromatic nitrogens is 3. The second kappa shape index (κ2) is 6.33. The van der Waals surface area contributed by atoms with Gasteiger partial charge in [-0.2, -0.15) is 4.68 Å². The molecule has 3 aromatic rings. The molecule has 22 heavy (non-hydrogen) atoms. The lowest BCUT2D eigenvalue weighted by Crippen LogP contribution is -2.13. The van der Waals surface area contributed by atoms with Crippen LogP contribution in [0.15, 0.2) is 46.9 Å². The zero-order valence-corrected chi connectivity index (χ0v) is 13.6. The first-order valence-corrected chi connectivity index (χ1v) is 8.57. The molecule has 2 aromatic heterocycles. The molecule has 2 heterocycles. The summed E-state index contributed by atoms with van der Waals surface area (Å²) in [6, 6.07) is 11.1.